The van der Waals surface area contributed by atoms with Crippen LogP contribution in [-0.2, 0) is 25.1 Å². The summed E-state index contributed by atoms with van der Waals surface area (Å²) >= 11 is 0. The van der Waals surface area contributed by atoms with Crippen LogP contribution in [0.1, 0.15) is 37.1 Å². The van der Waals surface area contributed by atoms with E-state index in [0.717, 1.165) is 22.3 Å². The first-order valence-electron chi connectivity index (χ1n) is 10.9. The van der Waals surface area contributed by atoms with Crippen LogP contribution >= 0.6 is 7.60 Å². The Labute approximate surface area is 190 Å². The van der Waals surface area contributed by atoms with Gasteiger partial charge < -0.3 is 9.05 Å². The number of nitrogens with one attached hydrogen (secondary N) is 1. The number of rotatable bonds is 13. The summed E-state index contributed by atoms with van der Waals surface area (Å²) in [6.45, 7) is 5.21. The van der Waals surface area contributed by atoms with Crippen LogP contribution < -0.4 is 5.48 Å². The van der Waals surface area contributed by atoms with Gasteiger partial charge in [-0.25, -0.2) is 5.48 Å². The lowest BCUT2D eigenvalue weighted by Crippen LogP contribution is -2.19. The molecule has 0 fully saturated rings. The van der Waals surface area contributed by atoms with Crippen molar-refractivity contribution in [1.29, 1.82) is 0 Å². The van der Waals surface area contributed by atoms with Crippen LogP contribution in [0.4, 0.5) is 0 Å². The monoisotopic (exact) mass is 454 g/mol. The zero-order chi connectivity index (χ0) is 22.7. The quantitative estimate of drug-likeness (QED) is 0.189. The fourth-order valence-corrected chi connectivity index (χ4v) is 5.78. The van der Waals surface area contributed by atoms with Gasteiger partial charge in [0.1, 0.15) is 0 Å². The fourth-order valence-electron chi connectivity index (χ4n) is 3.61. The van der Waals surface area contributed by atoms with Gasteiger partial charge >= 0.3 is 7.60 Å². The topological polar surface area (TPSA) is 69.7 Å². The average Bonchev–Trinajstić information content (AvgIpc) is 2.83. The van der Waals surface area contributed by atoms with Crippen LogP contribution in [0.25, 0.3) is 11.1 Å². The molecule has 0 saturated heterocycles. The Hall–Kier alpha value is -2.34. The van der Waals surface area contributed by atoms with E-state index < -0.39 is 13.3 Å². The van der Waals surface area contributed by atoms with Crippen molar-refractivity contribution in [3.05, 3.63) is 90.3 Å². The van der Waals surface area contributed by atoms with E-state index in [1.165, 1.54) is 0 Å². The van der Waals surface area contributed by atoms with Crippen LogP contribution in [-0.4, -0.2) is 24.7 Å². The highest BCUT2D eigenvalue weighted by molar-refractivity contribution is 7.54. The fraction of sp³-hybridized carbons (Fsp3) is 0.320. The first-order chi connectivity index (χ1) is 15.7. The van der Waals surface area contributed by atoms with Crippen LogP contribution in [0.2, 0.25) is 0 Å². The molecule has 170 valence electrons. The Balaban J connectivity index is 1.81. The third kappa shape index (κ3) is 6.58. The van der Waals surface area contributed by atoms with Crippen molar-refractivity contribution in [2.24, 2.45) is 0 Å². The number of hydroxylamine groups is 1. The molecule has 3 rings (SSSR count). The molecule has 32 heavy (non-hydrogen) atoms. The minimum absolute atomic E-state index is 0.306. The number of hydrogen-bond acceptors (Lipinski definition) is 6. The van der Waals surface area contributed by atoms with Gasteiger partial charge in [0.15, 0.2) is 0 Å². The number of pyridine rings is 1. The second-order valence-corrected chi connectivity index (χ2v) is 9.40. The SMILES string of the molecule is CCOP(=O)(OCC)C(CCNOCc1ccccc1)c1ccccc1-c1cccnc1. The molecule has 0 saturated carbocycles. The van der Waals surface area contributed by atoms with E-state index in [2.05, 4.69) is 10.5 Å². The molecule has 0 amide bonds. The molecule has 7 heteroatoms. The van der Waals surface area contributed by atoms with Crippen LogP contribution in [0.5, 0.6) is 0 Å². The van der Waals surface area contributed by atoms with Crippen LogP contribution in [0, 0.1) is 0 Å². The predicted octanol–water partition coefficient (Wildman–Crippen LogP) is 6.17. The molecular formula is C25H31N2O4P. The van der Waals surface area contributed by atoms with Gasteiger partial charge in [-0.2, -0.15) is 0 Å². The van der Waals surface area contributed by atoms with Crippen LogP contribution in [0.15, 0.2) is 79.1 Å². The molecule has 0 radical (unpaired) electrons. The molecule has 0 aliphatic carbocycles. The summed E-state index contributed by atoms with van der Waals surface area (Å²) < 4.78 is 25.4. The average molecular weight is 455 g/mol. The van der Waals surface area contributed by atoms with Gasteiger partial charge in [-0.05, 0) is 43.0 Å². The maximum Gasteiger partial charge on any atom is 0.338 e. The first-order valence-corrected chi connectivity index (χ1v) is 12.6. The number of aromatic nitrogens is 1. The van der Waals surface area contributed by atoms with E-state index in [9.17, 15) is 4.57 Å². The van der Waals surface area contributed by atoms with Gasteiger partial charge in [-0.3, -0.25) is 14.4 Å². The summed E-state index contributed by atoms with van der Waals surface area (Å²) in [6.07, 6.45) is 4.07. The minimum Gasteiger partial charge on any atom is -0.308 e. The van der Waals surface area contributed by atoms with E-state index in [-0.39, 0.29) is 0 Å². The molecule has 1 N–H and O–H groups in total. The summed E-state index contributed by atoms with van der Waals surface area (Å²) in [5.74, 6) is 0. The second-order valence-electron chi connectivity index (χ2n) is 7.18. The van der Waals surface area contributed by atoms with Crippen molar-refractivity contribution < 1.29 is 18.5 Å². The summed E-state index contributed by atoms with van der Waals surface area (Å²) in [5, 5.41) is 0. The van der Waals surface area contributed by atoms with E-state index in [0.29, 0.717) is 32.8 Å². The number of hydrogen-bond donors (Lipinski definition) is 1. The van der Waals surface area contributed by atoms with E-state index >= 15 is 0 Å². The molecule has 0 aliphatic rings. The normalized spacial score (nSPS) is 12.6. The standard InChI is InChI=1S/C25H31N2O4P/c1-3-30-32(28,31-4-2)25(16-18-27-29-20-21-11-6-5-7-12-21)24-15-9-8-14-23(24)22-13-10-17-26-19-22/h5-15,17,19,25,27H,3-4,16,18,20H2,1-2H3. The van der Waals surface area contributed by atoms with Crippen LogP contribution in [0.3, 0.4) is 0 Å². The minimum atomic E-state index is -3.42. The molecule has 1 heterocycles. The Kier molecular flexibility index (Phi) is 9.60. The van der Waals surface area contributed by atoms with Gasteiger partial charge in [0, 0.05) is 24.5 Å². The van der Waals surface area contributed by atoms with Gasteiger partial charge in [0.2, 0.25) is 0 Å². The van der Waals surface area contributed by atoms with Gasteiger partial charge in [-0.15, -0.1) is 0 Å². The molecule has 3 aromatic rings. The van der Waals surface area contributed by atoms with Crippen molar-refractivity contribution in [2.75, 3.05) is 19.8 Å². The van der Waals surface area contributed by atoms with Crippen molar-refractivity contribution in [3.63, 3.8) is 0 Å². The Morgan fingerprint density at radius 1 is 0.938 bits per heavy atom. The molecule has 0 spiro atoms. The molecule has 0 bridgehead atoms. The lowest BCUT2D eigenvalue weighted by molar-refractivity contribution is 0.0270. The molecule has 1 atom stereocenters. The summed E-state index contributed by atoms with van der Waals surface area (Å²) in [7, 11) is -3.42. The van der Waals surface area contributed by atoms with Crippen molar-refractivity contribution in [1.82, 2.24) is 10.5 Å². The molecule has 2 aromatic carbocycles. The predicted molar refractivity (Wildman–Crippen MR) is 127 cm³/mol. The molecular weight excluding hydrogens is 423 g/mol. The third-order valence-corrected chi connectivity index (χ3v) is 7.53. The zero-order valence-electron chi connectivity index (χ0n) is 18.6. The van der Waals surface area contributed by atoms with Gasteiger partial charge in [0.05, 0.1) is 25.5 Å². The summed E-state index contributed by atoms with van der Waals surface area (Å²) in [6, 6.07) is 21.8. The Bertz CT molecular complexity index is 976. The Morgan fingerprint density at radius 2 is 1.66 bits per heavy atom. The first kappa shape index (κ1) is 24.3. The van der Waals surface area contributed by atoms with E-state index in [1.807, 2.05) is 86.8 Å². The van der Waals surface area contributed by atoms with Crippen molar-refractivity contribution in [2.45, 2.75) is 32.5 Å². The van der Waals surface area contributed by atoms with E-state index in [1.54, 1.807) is 6.20 Å². The third-order valence-electron chi connectivity index (χ3n) is 5.00. The zero-order valence-corrected chi connectivity index (χ0v) is 19.5. The van der Waals surface area contributed by atoms with Gasteiger partial charge in [0.25, 0.3) is 0 Å². The second kappa shape index (κ2) is 12.6. The largest absolute Gasteiger partial charge is 0.338 e. The highest BCUT2D eigenvalue weighted by Gasteiger charge is 2.37. The lowest BCUT2D eigenvalue weighted by Gasteiger charge is -2.28. The highest BCUT2D eigenvalue weighted by Crippen LogP contribution is 2.63. The molecule has 1 aromatic heterocycles. The Morgan fingerprint density at radius 3 is 2.34 bits per heavy atom. The summed E-state index contributed by atoms with van der Waals surface area (Å²) in [5.41, 5.74) is 6.47. The van der Waals surface area contributed by atoms with Crippen molar-refractivity contribution >= 4 is 7.60 Å². The lowest BCUT2D eigenvalue weighted by atomic mass is 9.97. The van der Waals surface area contributed by atoms with E-state index in [4.69, 9.17) is 13.9 Å². The smallest absolute Gasteiger partial charge is 0.308 e. The number of benzene rings is 2. The maximum absolute atomic E-state index is 13.9. The molecule has 1 unspecified atom stereocenters. The summed E-state index contributed by atoms with van der Waals surface area (Å²) in [4.78, 5) is 9.87. The van der Waals surface area contributed by atoms with Gasteiger partial charge in [-0.1, -0.05) is 60.7 Å². The molecule has 6 nitrogen and oxygen atoms in total. The maximum atomic E-state index is 13.9. The molecule has 0 aliphatic heterocycles. The highest BCUT2D eigenvalue weighted by atomic mass is 31.2. The number of nitrogens with zero attached hydrogens (tertiary/aromatic N) is 1. The van der Waals surface area contributed by atoms with Crippen molar-refractivity contribution in [3.8, 4) is 11.1 Å².